The Balaban J connectivity index is 1.81. The first-order valence-corrected chi connectivity index (χ1v) is 9.85. The van der Waals surface area contributed by atoms with Crippen molar-refractivity contribution in [3.8, 4) is 10.7 Å². The molecular formula is C13H17N5O3S2. The maximum atomic E-state index is 11.2. The molecule has 1 aliphatic rings. The highest BCUT2D eigenvalue weighted by Gasteiger charge is 2.20. The highest BCUT2D eigenvalue weighted by Crippen LogP contribution is 2.28. The van der Waals surface area contributed by atoms with Gasteiger partial charge in [-0.25, -0.2) is 4.98 Å². The van der Waals surface area contributed by atoms with Crippen molar-refractivity contribution in [3.05, 3.63) is 17.4 Å². The Labute approximate surface area is 138 Å². The summed E-state index contributed by atoms with van der Waals surface area (Å²) in [6.45, 7) is 3.59. The van der Waals surface area contributed by atoms with Crippen molar-refractivity contribution in [3.63, 3.8) is 0 Å². The zero-order valence-electron chi connectivity index (χ0n) is 12.8. The summed E-state index contributed by atoms with van der Waals surface area (Å²) in [5.74, 6) is 0.831. The molecule has 3 heterocycles. The molecule has 23 heavy (non-hydrogen) atoms. The van der Waals surface area contributed by atoms with Crippen LogP contribution in [0.15, 0.2) is 12.4 Å². The smallest absolute Gasteiger partial charge is 0.265 e. The van der Waals surface area contributed by atoms with E-state index >= 15 is 0 Å². The molecule has 0 N–H and O–H groups in total. The van der Waals surface area contributed by atoms with Gasteiger partial charge in [0.25, 0.3) is 10.1 Å². The Hall–Kier alpha value is -1.65. The van der Waals surface area contributed by atoms with Crippen molar-refractivity contribution in [2.45, 2.75) is 25.9 Å². The molecule has 0 amide bonds. The van der Waals surface area contributed by atoms with Gasteiger partial charge in [0, 0.05) is 13.1 Å². The highest BCUT2D eigenvalue weighted by molar-refractivity contribution is 7.86. The van der Waals surface area contributed by atoms with E-state index in [1.807, 2.05) is 0 Å². The second-order valence-electron chi connectivity index (χ2n) is 5.34. The number of hydrogen-bond acceptors (Lipinski definition) is 9. The van der Waals surface area contributed by atoms with Crippen LogP contribution < -0.4 is 4.90 Å². The van der Waals surface area contributed by atoms with Crippen LogP contribution in [-0.4, -0.2) is 47.9 Å². The number of hydrogen-bond donors (Lipinski definition) is 0. The average molecular weight is 355 g/mol. The summed E-state index contributed by atoms with van der Waals surface area (Å²) in [6.07, 6.45) is 6.03. The van der Waals surface area contributed by atoms with Gasteiger partial charge in [0.1, 0.15) is 22.6 Å². The molecule has 2 aromatic rings. The summed E-state index contributed by atoms with van der Waals surface area (Å²) >= 11 is 1.25. The Bertz CT molecular complexity index is 786. The molecule has 1 fully saturated rings. The number of rotatable bonds is 5. The molecule has 0 saturated carbocycles. The molecule has 1 unspecified atom stereocenters. The van der Waals surface area contributed by atoms with Crippen molar-refractivity contribution in [2.75, 3.05) is 24.2 Å². The second-order valence-corrected chi connectivity index (χ2v) is 7.95. The molecule has 8 nitrogen and oxygen atoms in total. The maximum absolute atomic E-state index is 11.2. The Morgan fingerprint density at radius 3 is 2.70 bits per heavy atom. The Kier molecular flexibility index (Phi) is 4.55. The van der Waals surface area contributed by atoms with Crippen LogP contribution in [-0.2, 0) is 14.3 Å². The zero-order valence-corrected chi connectivity index (χ0v) is 14.5. The molecule has 1 saturated heterocycles. The summed E-state index contributed by atoms with van der Waals surface area (Å²) in [7, 11) is -3.54. The van der Waals surface area contributed by atoms with E-state index in [9.17, 15) is 8.42 Å². The van der Waals surface area contributed by atoms with E-state index in [-0.39, 0.29) is 0 Å². The first-order chi connectivity index (χ1) is 10.9. The Morgan fingerprint density at radius 1 is 1.26 bits per heavy atom. The zero-order chi connectivity index (χ0) is 16.4. The summed E-state index contributed by atoms with van der Waals surface area (Å²) in [4.78, 5) is 11.0. The predicted molar refractivity (Wildman–Crippen MR) is 86.7 cm³/mol. The van der Waals surface area contributed by atoms with Crippen LogP contribution in [0.5, 0.6) is 0 Å². The lowest BCUT2D eigenvalue weighted by molar-refractivity contribution is 0.235. The minimum Gasteiger partial charge on any atom is -0.355 e. The van der Waals surface area contributed by atoms with Crippen LogP contribution >= 0.6 is 11.3 Å². The van der Waals surface area contributed by atoms with E-state index in [0.717, 1.165) is 38.0 Å². The van der Waals surface area contributed by atoms with E-state index in [1.165, 1.54) is 11.3 Å². The summed E-state index contributed by atoms with van der Waals surface area (Å²) in [5.41, 5.74) is 0.629. The molecule has 3 rings (SSSR count). The van der Waals surface area contributed by atoms with Crippen molar-refractivity contribution < 1.29 is 12.6 Å². The lowest BCUT2D eigenvalue weighted by atomic mass is 10.4. The van der Waals surface area contributed by atoms with Crippen LogP contribution in [0.3, 0.4) is 0 Å². The van der Waals surface area contributed by atoms with Gasteiger partial charge in [-0.2, -0.15) is 8.42 Å². The minimum absolute atomic E-state index is 0.485. The summed E-state index contributed by atoms with van der Waals surface area (Å²) < 4.78 is 27.3. The van der Waals surface area contributed by atoms with Gasteiger partial charge < -0.3 is 4.90 Å². The minimum atomic E-state index is -3.54. The van der Waals surface area contributed by atoms with E-state index in [2.05, 4.69) is 25.1 Å². The van der Waals surface area contributed by atoms with Crippen molar-refractivity contribution in [1.82, 2.24) is 20.2 Å². The molecule has 0 bridgehead atoms. The van der Waals surface area contributed by atoms with Crippen LogP contribution in [0.4, 0.5) is 5.82 Å². The molecule has 0 aromatic carbocycles. The lowest BCUT2D eigenvalue weighted by Gasteiger charge is -2.15. The molecule has 1 atom stereocenters. The van der Waals surface area contributed by atoms with Gasteiger partial charge in [0.2, 0.25) is 0 Å². The third kappa shape index (κ3) is 4.01. The molecule has 10 heteroatoms. The van der Waals surface area contributed by atoms with Crippen molar-refractivity contribution in [2.24, 2.45) is 0 Å². The summed E-state index contributed by atoms with van der Waals surface area (Å²) in [6, 6.07) is 0. The molecule has 0 aliphatic carbocycles. The quantitative estimate of drug-likeness (QED) is 0.747. The van der Waals surface area contributed by atoms with Crippen LogP contribution in [0.1, 0.15) is 30.9 Å². The SMILES string of the molecule is CC(OS(C)(=O)=O)c1nnc(-c2cncc(N3CCCC3)n2)s1. The van der Waals surface area contributed by atoms with E-state index in [4.69, 9.17) is 4.18 Å². The number of aromatic nitrogens is 4. The fourth-order valence-corrected chi connectivity index (χ4v) is 3.82. The maximum Gasteiger partial charge on any atom is 0.265 e. The third-order valence-corrected chi connectivity index (χ3v) is 5.12. The first kappa shape index (κ1) is 16.2. The van der Waals surface area contributed by atoms with Gasteiger partial charge in [0.15, 0.2) is 5.01 Å². The third-order valence-electron chi connectivity index (χ3n) is 3.38. The number of anilines is 1. The largest absolute Gasteiger partial charge is 0.355 e. The van der Waals surface area contributed by atoms with Gasteiger partial charge in [-0.05, 0) is 19.8 Å². The van der Waals surface area contributed by atoms with Gasteiger partial charge >= 0.3 is 0 Å². The predicted octanol–water partition coefficient (Wildman–Crippen LogP) is 1.63. The monoisotopic (exact) mass is 355 g/mol. The fraction of sp³-hybridized carbons (Fsp3) is 0.538. The van der Waals surface area contributed by atoms with Crippen molar-refractivity contribution in [1.29, 1.82) is 0 Å². The highest BCUT2D eigenvalue weighted by atomic mass is 32.2. The van der Waals surface area contributed by atoms with E-state index in [0.29, 0.717) is 15.7 Å². The second kappa shape index (κ2) is 6.46. The van der Waals surface area contributed by atoms with Gasteiger partial charge in [-0.1, -0.05) is 11.3 Å². The molecule has 2 aromatic heterocycles. The molecular weight excluding hydrogens is 338 g/mol. The molecule has 124 valence electrons. The van der Waals surface area contributed by atoms with Crippen LogP contribution in [0.25, 0.3) is 10.7 Å². The normalized spacial score (nSPS) is 16.7. The number of nitrogens with zero attached hydrogens (tertiary/aromatic N) is 5. The average Bonchev–Trinajstić information content (AvgIpc) is 3.17. The van der Waals surface area contributed by atoms with Crippen LogP contribution in [0.2, 0.25) is 0 Å². The van der Waals surface area contributed by atoms with Crippen molar-refractivity contribution >= 4 is 27.3 Å². The molecule has 0 spiro atoms. The lowest BCUT2D eigenvalue weighted by Crippen LogP contribution is -2.19. The van der Waals surface area contributed by atoms with Gasteiger partial charge in [-0.3, -0.25) is 9.17 Å². The fourth-order valence-electron chi connectivity index (χ4n) is 2.36. The van der Waals surface area contributed by atoms with Gasteiger partial charge in [0.05, 0.1) is 18.6 Å². The Morgan fingerprint density at radius 2 is 2.00 bits per heavy atom. The van der Waals surface area contributed by atoms with Crippen LogP contribution in [0, 0.1) is 0 Å². The van der Waals surface area contributed by atoms with Gasteiger partial charge in [-0.15, -0.1) is 10.2 Å². The standard InChI is InChI=1S/C13H17N5O3S2/c1-9(21-23(2,19)20)12-16-17-13(22-12)10-7-14-8-11(15-10)18-5-3-4-6-18/h7-9H,3-6H2,1-2H3. The van der Waals surface area contributed by atoms with E-state index in [1.54, 1.807) is 19.3 Å². The van der Waals surface area contributed by atoms with E-state index < -0.39 is 16.2 Å². The molecule has 1 aliphatic heterocycles. The topological polar surface area (TPSA) is 98.2 Å². The first-order valence-electron chi connectivity index (χ1n) is 7.21. The summed E-state index contributed by atoms with van der Waals surface area (Å²) in [5, 5.41) is 9.16. The molecule has 0 radical (unpaired) electrons.